The van der Waals surface area contributed by atoms with E-state index in [1.54, 1.807) is 35.1 Å². The van der Waals surface area contributed by atoms with E-state index in [1.807, 2.05) is 13.0 Å². The third-order valence-corrected chi connectivity index (χ3v) is 4.97. The Balaban J connectivity index is 1.51. The van der Waals surface area contributed by atoms with E-state index in [4.69, 9.17) is 4.74 Å². The summed E-state index contributed by atoms with van der Waals surface area (Å²) in [5.41, 5.74) is 2.29. The summed E-state index contributed by atoms with van der Waals surface area (Å²) in [6, 6.07) is 9.07. The molecule has 0 radical (unpaired) electrons. The summed E-state index contributed by atoms with van der Waals surface area (Å²) < 4.78 is 6.93. The number of nitrogens with one attached hydrogen (secondary N) is 1. The van der Waals surface area contributed by atoms with Gasteiger partial charge in [-0.1, -0.05) is 19.8 Å². The molecule has 6 heteroatoms. The van der Waals surface area contributed by atoms with E-state index in [0.717, 1.165) is 30.6 Å². The van der Waals surface area contributed by atoms with Gasteiger partial charge in [0.2, 0.25) is 0 Å². The van der Waals surface area contributed by atoms with E-state index < -0.39 is 5.97 Å². The molecule has 1 fully saturated rings. The molecule has 1 amide bonds. The summed E-state index contributed by atoms with van der Waals surface area (Å²) in [4.78, 5) is 24.2. The van der Waals surface area contributed by atoms with Crippen molar-refractivity contribution in [3.63, 3.8) is 0 Å². The largest absolute Gasteiger partial charge is 0.452 e. The van der Waals surface area contributed by atoms with Crippen LogP contribution in [0.15, 0.2) is 36.5 Å². The third-order valence-electron chi connectivity index (χ3n) is 4.97. The van der Waals surface area contributed by atoms with E-state index in [1.165, 1.54) is 6.42 Å². The van der Waals surface area contributed by atoms with Crippen LogP contribution < -0.4 is 5.32 Å². The van der Waals surface area contributed by atoms with Crippen molar-refractivity contribution in [3.8, 4) is 5.69 Å². The van der Waals surface area contributed by atoms with Gasteiger partial charge in [-0.3, -0.25) is 4.79 Å². The molecule has 6 nitrogen and oxygen atoms in total. The summed E-state index contributed by atoms with van der Waals surface area (Å²) >= 11 is 0. The molecule has 1 aromatic heterocycles. The van der Waals surface area contributed by atoms with Crippen molar-refractivity contribution in [2.24, 2.45) is 5.92 Å². The van der Waals surface area contributed by atoms with Crippen LogP contribution >= 0.6 is 0 Å². The lowest BCUT2D eigenvalue weighted by molar-refractivity contribution is -0.125. The van der Waals surface area contributed by atoms with Crippen molar-refractivity contribution < 1.29 is 14.3 Å². The Hall–Kier alpha value is -2.63. The highest BCUT2D eigenvalue weighted by atomic mass is 16.5. The first-order valence-corrected chi connectivity index (χ1v) is 9.12. The number of aromatic nitrogens is 2. The molecular weight excluding hydrogens is 330 g/mol. The van der Waals surface area contributed by atoms with Crippen molar-refractivity contribution >= 4 is 11.9 Å². The third kappa shape index (κ3) is 4.31. The van der Waals surface area contributed by atoms with E-state index in [0.29, 0.717) is 11.5 Å². The van der Waals surface area contributed by atoms with Crippen LogP contribution in [0.2, 0.25) is 0 Å². The van der Waals surface area contributed by atoms with Crippen molar-refractivity contribution in [2.75, 3.05) is 6.61 Å². The van der Waals surface area contributed by atoms with Gasteiger partial charge in [0.15, 0.2) is 6.61 Å². The zero-order chi connectivity index (χ0) is 18.5. The Labute approximate surface area is 153 Å². The molecule has 1 N–H and O–H groups in total. The smallest absolute Gasteiger partial charge is 0.338 e. The molecule has 1 aromatic carbocycles. The van der Waals surface area contributed by atoms with Crippen LogP contribution in [0.5, 0.6) is 0 Å². The second-order valence-electron chi connectivity index (χ2n) is 6.94. The standard InChI is InChI=1S/C20H25N3O3/c1-14-5-3-4-6-18(14)22-19(24)13-26-20(25)16-7-9-17(10-8-16)23-15(2)11-12-21-23/h7-12,14,18H,3-6,13H2,1-2H3,(H,22,24)/t14-,18-/m1/s1. The first kappa shape index (κ1) is 18.2. The van der Waals surface area contributed by atoms with E-state index >= 15 is 0 Å². The molecule has 0 spiro atoms. The fraction of sp³-hybridized carbons (Fsp3) is 0.450. The molecule has 0 bridgehead atoms. The summed E-state index contributed by atoms with van der Waals surface area (Å²) in [7, 11) is 0. The van der Waals surface area contributed by atoms with Gasteiger partial charge in [0.25, 0.3) is 5.91 Å². The molecule has 0 saturated heterocycles. The molecule has 138 valence electrons. The summed E-state index contributed by atoms with van der Waals surface area (Å²) in [5.74, 6) is -0.261. The highest BCUT2D eigenvalue weighted by Crippen LogP contribution is 2.23. The van der Waals surface area contributed by atoms with Crippen LogP contribution in [-0.2, 0) is 9.53 Å². The number of hydrogen-bond donors (Lipinski definition) is 1. The van der Waals surface area contributed by atoms with Crippen LogP contribution in [0.4, 0.5) is 0 Å². The predicted octanol–water partition coefficient (Wildman–Crippen LogP) is 3.03. The van der Waals surface area contributed by atoms with Crippen LogP contribution in [0.25, 0.3) is 5.69 Å². The van der Waals surface area contributed by atoms with Gasteiger partial charge in [0, 0.05) is 17.9 Å². The second-order valence-corrected chi connectivity index (χ2v) is 6.94. The van der Waals surface area contributed by atoms with Crippen molar-refractivity contribution in [2.45, 2.75) is 45.6 Å². The van der Waals surface area contributed by atoms with Crippen LogP contribution in [0, 0.1) is 12.8 Å². The number of benzene rings is 1. The molecule has 1 heterocycles. The molecular formula is C20H25N3O3. The Kier molecular flexibility index (Phi) is 5.71. The maximum Gasteiger partial charge on any atom is 0.338 e. The number of amides is 1. The Morgan fingerprint density at radius 3 is 2.58 bits per heavy atom. The lowest BCUT2D eigenvalue weighted by atomic mass is 9.86. The first-order valence-electron chi connectivity index (χ1n) is 9.12. The van der Waals surface area contributed by atoms with Gasteiger partial charge in [-0.15, -0.1) is 0 Å². The molecule has 0 unspecified atom stereocenters. The summed E-state index contributed by atoms with van der Waals surface area (Å²) in [5, 5.41) is 7.21. The normalized spacial score (nSPS) is 19.8. The zero-order valence-electron chi connectivity index (χ0n) is 15.3. The molecule has 3 rings (SSSR count). The molecule has 1 saturated carbocycles. The number of ether oxygens (including phenoxy) is 1. The van der Waals surface area contributed by atoms with Gasteiger partial charge in [-0.25, -0.2) is 9.48 Å². The average molecular weight is 355 g/mol. The fourth-order valence-corrected chi connectivity index (χ4v) is 3.37. The minimum Gasteiger partial charge on any atom is -0.452 e. The Morgan fingerprint density at radius 1 is 1.19 bits per heavy atom. The van der Waals surface area contributed by atoms with Crippen LogP contribution in [0.1, 0.15) is 48.7 Å². The van der Waals surface area contributed by atoms with Crippen LogP contribution in [-0.4, -0.2) is 34.3 Å². The van der Waals surface area contributed by atoms with Crippen molar-refractivity contribution in [1.29, 1.82) is 0 Å². The number of carbonyl (C=O) groups excluding carboxylic acids is 2. The van der Waals surface area contributed by atoms with Gasteiger partial charge in [0.1, 0.15) is 0 Å². The van der Waals surface area contributed by atoms with Crippen molar-refractivity contribution in [1.82, 2.24) is 15.1 Å². The van der Waals surface area contributed by atoms with Gasteiger partial charge in [-0.2, -0.15) is 5.10 Å². The number of carbonyl (C=O) groups is 2. The molecule has 26 heavy (non-hydrogen) atoms. The van der Waals surface area contributed by atoms with E-state index in [2.05, 4.69) is 17.3 Å². The summed E-state index contributed by atoms with van der Waals surface area (Å²) in [6.07, 6.45) is 6.21. The average Bonchev–Trinajstić information content (AvgIpc) is 3.08. The van der Waals surface area contributed by atoms with Gasteiger partial charge in [-0.05, 0) is 56.0 Å². The molecule has 1 aliphatic rings. The molecule has 2 atom stereocenters. The number of hydrogen-bond acceptors (Lipinski definition) is 4. The maximum absolute atomic E-state index is 12.1. The Morgan fingerprint density at radius 2 is 1.92 bits per heavy atom. The van der Waals surface area contributed by atoms with Gasteiger partial charge >= 0.3 is 5.97 Å². The maximum atomic E-state index is 12.1. The van der Waals surface area contributed by atoms with Crippen LogP contribution in [0.3, 0.4) is 0 Å². The molecule has 2 aromatic rings. The highest BCUT2D eigenvalue weighted by molar-refractivity contribution is 5.91. The minimum absolute atomic E-state index is 0.187. The van der Waals surface area contributed by atoms with Gasteiger partial charge in [0.05, 0.1) is 11.3 Å². The minimum atomic E-state index is -0.499. The topological polar surface area (TPSA) is 73.2 Å². The number of nitrogens with zero attached hydrogens (tertiary/aromatic N) is 2. The highest BCUT2D eigenvalue weighted by Gasteiger charge is 2.23. The number of rotatable bonds is 5. The lowest BCUT2D eigenvalue weighted by Crippen LogP contribution is -2.42. The van der Waals surface area contributed by atoms with Crippen molar-refractivity contribution in [3.05, 3.63) is 47.8 Å². The lowest BCUT2D eigenvalue weighted by Gasteiger charge is -2.29. The second kappa shape index (κ2) is 8.17. The molecule has 1 aliphatic carbocycles. The quantitative estimate of drug-likeness (QED) is 0.837. The van der Waals surface area contributed by atoms with Gasteiger partial charge < -0.3 is 10.1 Å². The predicted molar refractivity (Wildman–Crippen MR) is 98.1 cm³/mol. The summed E-state index contributed by atoms with van der Waals surface area (Å²) in [6.45, 7) is 3.86. The molecule has 0 aliphatic heterocycles. The monoisotopic (exact) mass is 355 g/mol. The van der Waals surface area contributed by atoms with E-state index in [9.17, 15) is 9.59 Å². The number of aryl methyl sites for hydroxylation is 1. The first-order chi connectivity index (χ1) is 12.5. The fourth-order valence-electron chi connectivity index (χ4n) is 3.37. The SMILES string of the molecule is Cc1ccnn1-c1ccc(C(=O)OCC(=O)N[C@@H]2CCCC[C@H]2C)cc1. The number of esters is 1. The Bertz CT molecular complexity index is 767. The zero-order valence-corrected chi connectivity index (χ0v) is 15.3. The van der Waals surface area contributed by atoms with E-state index in [-0.39, 0.29) is 18.6 Å².